The third-order valence-corrected chi connectivity index (χ3v) is 3.90. The molecule has 0 unspecified atom stereocenters. The van der Waals surface area contributed by atoms with Gasteiger partial charge >= 0.3 is 0 Å². The van der Waals surface area contributed by atoms with Gasteiger partial charge in [-0.3, -0.25) is 10.8 Å². The van der Waals surface area contributed by atoms with E-state index >= 15 is 0 Å². The van der Waals surface area contributed by atoms with Gasteiger partial charge in [-0.2, -0.15) is 10.4 Å². The Labute approximate surface area is 140 Å². The molecule has 0 bridgehead atoms. The summed E-state index contributed by atoms with van der Waals surface area (Å²) in [7, 11) is 2.10. The van der Waals surface area contributed by atoms with Crippen molar-refractivity contribution in [1.29, 1.82) is 10.7 Å². The fourth-order valence-corrected chi connectivity index (χ4v) is 2.41. The van der Waals surface area contributed by atoms with Crippen molar-refractivity contribution < 1.29 is 9.13 Å². The predicted molar refractivity (Wildman–Crippen MR) is 90.7 cm³/mol. The third-order valence-electron chi connectivity index (χ3n) is 3.90. The van der Waals surface area contributed by atoms with E-state index in [4.69, 9.17) is 21.1 Å². The molecule has 1 aliphatic rings. The number of rotatable bonds is 6. The number of hydrogen-bond acceptors (Lipinski definition) is 6. The standard InChI is InChI=1S/C16H21FN6O/c1-23-6-4-11(5-7-23)10-24-15-3-2-12(17)8-13(15)21-22-14(9-18)16(19)20/h2-3,8,11,21H,4-7,10H2,1H3,(H3,19,20)/b22-14+. The first-order chi connectivity index (χ1) is 11.5. The number of ether oxygens (including phenoxy) is 1. The molecule has 4 N–H and O–H groups in total. The molecule has 0 saturated carbocycles. The lowest BCUT2D eigenvalue weighted by Gasteiger charge is -2.28. The number of amidine groups is 1. The first kappa shape index (κ1) is 17.7. The van der Waals surface area contributed by atoms with Crippen molar-refractivity contribution in [2.45, 2.75) is 12.8 Å². The minimum absolute atomic E-state index is 0.277. The Morgan fingerprint density at radius 2 is 2.25 bits per heavy atom. The number of hydrogen-bond donors (Lipinski definition) is 3. The maximum atomic E-state index is 13.5. The highest BCUT2D eigenvalue weighted by Gasteiger charge is 2.18. The molecule has 0 aliphatic carbocycles. The van der Waals surface area contributed by atoms with Gasteiger partial charge in [-0.15, -0.1) is 0 Å². The van der Waals surface area contributed by atoms with Crippen molar-refractivity contribution in [3.63, 3.8) is 0 Å². The van der Waals surface area contributed by atoms with E-state index < -0.39 is 11.7 Å². The van der Waals surface area contributed by atoms with Crippen molar-refractivity contribution in [2.75, 3.05) is 32.2 Å². The molecular formula is C16H21FN6O. The molecular weight excluding hydrogens is 311 g/mol. The van der Waals surface area contributed by atoms with Crippen molar-refractivity contribution in [1.82, 2.24) is 4.90 Å². The van der Waals surface area contributed by atoms with Crippen LogP contribution in [0, 0.1) is 28.5 Å². The number of nitriles is 1. The first-order valence-corrected chi connectivity index (χ1v) is 7.68. The van der Waals surface area contributed by atoms with Crippen LogP contribution < -0.4 is 15.9 Å². The van der Waals surface area contributed by atoms with Crippen molar-refractivity contribution in [3.05, 3.63) is 24.0 Å². The summed E-state index contributed by atoms with van der Waals surface area (Å²) in [4.78, 5) is 2.28. The van der Waals surface area contributed by atoms with Gasteiger partial charge in [0.05, 0.1) is 6.61 Å². The fourth-order valence-electron chi connectivity index (χ4n) is 2.41. The summed E-state index contributed by atoms with van der Waals surface area (Å²) in [5.74, 6) is -0.0229. The van der Waals surface area contributed by atoms with Gasteiger partial charge in [0.2, 0.25) is 5.71 Å². The Balaban J connectivity index is 2.04. The molecule has 1 fully saturated rings. The van der Waals surface area contributed by atoms with Crippen LogP contribution in [0.4, 0.5) is 10.1 Å². The lowest BCUT2D eigenvalue weighted by Crippen LogP contribution is -2.32. The van der Waals surface area contributed by atoms with Crippen LogP contribution in [0.25, 0.3) is 0 Å². The van der Waals surface area contributed by atoms with Gasteiger partial charge < -0.3 is 15.4 Å². The van der Waals surface area contributed by atoms with E-state index in [1.165, 1.54) is 18.2 Å². The quantitative estimate of drug-likeness (QED) is 0.418. The molecule has 24 heavy (non-hydrogen) atoms. The van der Waals surface area contributed by atoms with E-state index in [-0.39, 0.29) is 11.4 Å². The molecule has 8 heteroatoms. The number of hydrazone groups is 1. The van der Waals surface area contributed by atoms with Gasteiger partial charge in [0.1, 0.15) is 23.3 Å². The molecule has 1 saturated heterocycles. The number of likely N-dealkylation sites (tertiary alicyclic amines) is 1. The molecule has 1 aromatic carbocycles. The number of piperidine rings is 1. The van der Waals surface area contributed by atoms with Gasteiger partial charge in [-0.25, -0.2) is 4.39 Å². The second-order valence-electron chi connectivity index (χ2n) is 5.80. The molecule has 7 nitrogen and oxygen atoms in total. The summed E-state index contributed by atoms with van der Waals surface area (Å²) in [5, 5.41) is 19.8. The van der Waals surface area contributed by atoms with Crippen LogP contribution in [-0.2, 0) is 0 Å². The van der Waals surface area contributed by atoms with Gasteiger partial charge in [0.15, 0.2) is 5.84 Å². The molecule has 1 aromatic rings. The maximum absolute atomic E-state index is 13.5. The Hall–Kier alpha value is -2.66. The van der Waals surface area contributed by atoms with Crippen LogP contribution in [0.15, 0.2) is 23.3 Å². The van der Waals surface area contributed by atoms with E-state index in [1.54, 1.807) is 6.07 Å². The lowest BCUT2D eigenvalue weighted by atomic mass is 9.98. The summed E-state index contributed by atoms with van der Waals surface area (Å²) in [6, 6.07) is 5.73. The molecule has 0 radical (unpaired) electrons. The Morgan fingerprint density at radius 3 is 2.88 bits per heavy atom. The highest BCUT2D eigenvalue weighted by atomic mass is 19.1. The van der Waals surface area contributed by atoms with E-state index in [0.717, 1.165) is 25.9 Å². The largest absolute Gasteiger partial charge is 0.491 e. The highest BCUT2D eigenvalue weighted by molar-refractivity contribution is 6.45. The summed E-state index contributed by atoms with van der Waals surface area (Å²) in [6.45, 7) is 2.61. The van der Waals surface area contributed by atoms with Crippen molar-refractivity contribution in [3.8, 4) is 11.8 Å². The van der Waals surface area contributed by atoms with Crippen LogP contribution in [0.2, 0.25) is 0 Å². The highest BCUT2D eigenvalue weighted by Crippen LogP contribution is 2.27. The Bertz CT molecular complexity index is 661. The van der Waals surface area contributed by atoms with Crippen LogP contribution in [0.1, 0.15) is 12.8 Å². The van der Waals surface area contributed by atoms with E-state index in [0.29, 0.717) is 18.3 Å². The molecule has 0 aromatic heterocycles. The monoisotopic (exact) mass is 332 g/mol. The molecule has 2 rings (SSSR count). The number of halogens is 1. The van der Waals surface area contributed by atoms with Gasteiger partial charge in [0, 0.05) is 6.07 Å². The second-order valence-corrected chi connectivity index (χ2v) is 5.80. The van der Waals surface area contributed by atoms with Crippen LogP contribution in [0.5, 0.6) is 5.75 Å². The SMILES string of the molecule is CN1CCC(COc2ccc(F)cc2N/N=C(\C#N)C(=N)N)CC1. The van der Waals surface area contributed by atoms with E-state index in [1.807, 2.05) is 0 Å². The molecule has 1 heterocycles. The maximum Gasteiger partial charge on any atom is 0.201 e. The normalized spacial score (nSPS) is 16.5. The zero-order chi connectivity index (χ0) is 17.5. The molecule has 0 spiro atoms. The van der Waals surface area contributed by atoms with Gasteiger partial charge in [-0.1, -0.05) is 0 Å². The summed E-state index contributed by atoms with van der Waals surface area (Å²) in [5.41, 5.74) is 7.79. The smallest absolute Gasteiger partial charge is 0.201 e. The van der Waals surface area contributed by atoms with Crippen LogP contribution >= 0.6 is 0 Å². The Kier molecular flexibility index (Phi) is 6.09. The van der Waals surface area contributed by atoms with E-state index in [2.05, 4.69) is 22.5 Å². The second kappa shape index (κ2) is 8.26. The Morgan fingerprint density at radius 1 is 1.54 bits per heavy atom. The molecule has 0 atom stereocenters. The topological polar surface area (TPSA) is 111 Å². The van der Waals surface area contributed by atoms with Gasteiger partial charge in [0.25, 0.3) is 0 Å². The summed E-state index contributed by atoms with van der Waals surface area (Å²) >= 11 is 0. The minimum atomic E-state index is -0.463. The van der Waals surface area contributed by atoms with Crippen LogP contribution in [-0.4, -0.2) is 43.2 Å². The number of nitrogens with one attached hydrogen (secondary N) is 2. The predicted octanol–water partition coefficient (Wildman–Crippen LogP) is 1.77. The van der Waals surface area contributed by atoms with Crippen molar-refractivity contribution >= 4 is 17.2 Å². The zero-order valence-electron chi connectivity index (χ0n) is 13.6. The molecule has 0 amide bonds. The molecule has 1 aliphatic heterocycles. The van der Waals surface area contributed by atoms with Crippen molar-refractivity contribution in [2.24, 2.45) is 16.8 Å². The average Bonchev–Trinajstić information content (AvgIpc) is 2.56. The first-order valence-electron chi connectivity index (χ1n) is 7.68. The summed E-state index contributed by atoms with van der Waals surface area (Å²) in [6.07, 6.45) is 2.11. The number of anilines is 1. The summed E-state index contributed by atoms with van der Waals surface area (Å²) < 4.78 is 19.3. The zero-order valence-corrected chi connectivity index (χ0v) is 13.6. The number of nitrogens with zero attached hydrogens (tertiary/aromatic N) is 3. The minimum Gasteiger partial charge on any atom is -0.491 e. The van der Waals surface area contributed by atoms with Gasteiger partial charge in [-0.05, 0) is 51.0 Å². The average molecular weight is 332 g/mol. The van der Waals surface area contributed by atoms with E-state index in [9.17, 15) is 4.39 Å². The number of nitrogens with two attached hydrogens (primary N) is 1. The van der Waals surface area contributed by atoms with Crippen LogP contribution in [0.3, 0.4) is 0 Å². The third kappa shape index (κ3) is 4.93. The molecule has 128 valence electrons. The lowest BCUT2D eigenvalue weighted by molar-refractivity contribution is 0.160. The number of benzene rings is 1. The fraction of sp³-hybridized carbons (Fsp3) is 0.438.